The van der Waals surface area contributed by atoms with E-state index in [4.69, 9.17) is 0 Å². The first-order valence-electron chi connectivity index (χ1n) is 6.42. The highest BCUT2D eigenvalue weighted by molar-refractivity contribution is 5.91. The van der Waals surface area contributed by atoms with Crippen LogP contribution in [0.2, 0.25) is 0 Å². The maximum Gasteiger partial charge on any atom is 0.273 e. The lowest BCUT2D eigenvalue weighted by Gasteiger charge is -2.26. The lowest BCUT2D eigenvalue weighted by Crippen LogP contribution is -2.43. The Morgan fingerprint density at radius 1 is 1.61 bits per heavy atom. The molecule has 2 heterocycles. The molecule has 1 saturated heterocycles. The number of amides is 1. The SMILES string of the molecule is CCC(C)(C)CNC(=O)c1cn(C2CNC2)nn1. The van der Waals surface area contributed by atoms with Crippen molar-refractivity contribution in [3.05, 3.63) is 11.9 Å². The fourth-order valence-corrected chi connectivity index (χ4v) is 1.55. The molecule has 18 heavy (non-hydrogen) atoms. The van der Waals surface area contributed by atoms with Gasteiger partial charge in [-0.3, -0.25) is 4.79 Å². The van der Waals surface area contributed by atoms with Crippen LogP contribution in [0, 0.1) is 5.41 Å². The smallest absolute Gasteiger partial charge is 0.273 e. The summed E-state index contributed by atoms with van der Waals surface area (Å²) in [5.41, 5.74) is 0.512. The summed E-state index contributed by atoms with van der Waals surface area (Å²) in [4.78, 5) is 11.9. The summed E-state index contributed by atoms with van der Waals surface area (Å²) >= 11 is 0. The van der Waals surface area contributed by atoms with Gasteiger partial charge in [0.25, 0.3) is 5.91 Å². The molecule has 6 nitrogen and oxygen atoms in total. The lowest BCUT2D eigenvalue weighted by atomic mass is 9.90. The van der Waals surface area contributed by atoms with E-state index in [1.807, 2.05) is 0 Å². The highest BCUT2D eigenvalue weighted by Crippen LogP contribution is 2.17. The molecule has 0 aromatic carbocycles. The molecule has 0 unspecified atom stereocenters. The fourth-order valence-electron chi connectivity index (χ4n) is 1.55. The van der Waals surface area contributed by atoms with E-state index in [2.05, 4.69) is 41.7 Å². The van der Waals surface area contributed by atoms with Crippen LogP contribution in [0.25, 0.3) is 0 Å². The molecule has 2 N–H and O–H groups in total. The van der Waals surface area contributed by atoms with Crippen molar-refractivity contribution in [1.29, 1.82) is 0 Å². The van der Waals surface area contributed by atoms with Crippen LogP contribution >= 0.6 is 0 Å². The third kappa shape index (κ3) is 2.87. The molecule has 0 spiro atoms. The van der Waals surface area contributed by atoms with Crippen LogP contribution in [-0.4, -0.2) is 40.5 Å². The van der Waals surface area contributed by atoms with Gasteiger partial charge in [-0.2, -0.15) is 0 Å². The van der Waals surface area contributed by atoms with Gasteiger partial charge < -0.3 is 10.6 Å². The van der Waals surface area contributed by atoms with Gasteiger partial charge >= 0.3 is 0 Å². The van der Waals surface area contributed by atoms with E-state index in [0.29, 0.717) is 18.3 Å². The van der Waals surface area contributed by atoms with E-state index in [1.165, 1.54) is 0 Å². The maximum absolute atomic E-state index is 11.9. The number of hydrogen-bond acceptors (Lipinski definition) is 4. The third-order valence-corrected chi connectivity index (χ3v) is 3.56. The highest BCUT2D eigenvalue weighted by Gasteiger charge is 2.22. The van der Waals surface area contributed by atoms with Crippen molar-refractivity contribution in [3.63, 3.8) is 0 Å². The van der Waals surface area contributed by atoms with E-state index in [0.717, 1.165) is 19.5 Å². The Bertz CT molecular complexity index is 422. The normalized spacial score (nSPS) is 16.4. The van der Waals surface area contributed by atoms with Crippen LogP contribution in [0.3, 0.4) is 0 Å². The van der Waals surface area contributed by atoms with Crippen molar-refractivity contribution in [2.24, 2.45) is 5.41 Å². The number of carbonyl (C=O) groups is 1. The monoisotopic (exact) mass is 251 g/mol. The van der Waals surface area contributed by atoms with Gasteiger partial charge in [-0.1, -0.05) is 26.0 Å². The fraction of sp³-hybridized carbons (Fsp3) is 0.750. The van der Waals surface area contributed by atoms with E-state index in [9.17, 15) is 4.79 Å². The summed E-state index contributed by atoms with van der Waals surface area (Å²) < 4.78 is 1.76. The van der Waals surface area contributed by atoms with Crippen LogP contribution in [-0.2, 0) is 0 Å². The van der Waals surface area contributed by atoms with Crippen LogP contribution in [0.4, 0.5) is 0 Å². The van der Waals surface area contributed by atoms with E-state index >= 15 is 0 Å². The average Bonchev–Trinajstić information content (AvgIpc) is 2.73. The Hall–Kier alpha value is -1.43. The zero-order chi connectivity index (χ0) is 13.2. The molecule has 0 radical (unpaired) electrons. The second-order valence-corrected chi connectivity index (χ2v) is 5.60. The van der Waals surface area contributed by atoms with Gasteiger partial charge in [-0.05, 0) is 11.8 Å². The van der Waals surface area contributed by atoms with Gasteiger partial charge in [-0.25, -0.2) is 4.68 Å². The van der Waals surface area contributed by atoms with Crippen molar-refractivity contribution in [2.75, 3.05) is 19.6 Å². The van der Waals surface area contributed by atoms with Crippen LogP contribution in [0.15, 0.2) is 6.20 Å². The summed E-state index contributed by atoms with van der Waals surface area (Å²) in [6.07, 6.45) is 2.74. The summed E-state index contributed by atoms with van der Waals surface area (Å²) in [6.45, 7) is 8.82. The largest absolute Gasteiger partial charge is 0.350 e. The molecule has 1 aromatic heterocycles. The number of nitrogens with zero attached hydrogens (tertiary/aromatic N) is 3. The standard InChI is InChI=1S/C12H21N5O/c1-4-12(2,3)8-14-11(18)10-7-17(16-15-10)9-5-13-6-9/h7,9,13H,4-6,8H2,1-3H3,(H,14,18). The number of rotatable bonds is 5. The van der Waals surface area contributed by atoms with Crippen LogP contribution in [0.5, 0.6) is 0 Å². The topological polar surface area (TPSA) is 71.8 Å². The van der Waals surface area contributed by atoms with E-state index in [-0.39, 0.29) is 11.3 Å². The lowest BCUT2D eigenvalue weighted by molar-refractivity contribution is 0.0930. The summed E-state index contributed by atoms with van der Waals surface area (Å²) in [6, 6.07) is 0.339. The van der Waals surface area contributed by atoms with Gasteiger partial charge in [0.15, 0.2) is 5.69 Å². The van der Waals surface area contributed by atoms with Gasteiger partial charge in [-0.15, -0.1) is 5.10 Å². The van der Waals surface area contributed by atoms with Crippen LogP contribution < -0.4 is 10.6 Å². The number of carbonyl (C=O) groups excluding carboxylic acids is 1. The Labute approximate surface area is 107 Å². The highest BCUT2D eigenvalue weighted by atomic mass is 16.2. The quantitative estimate of drug-likeness (QED) is 0.803. The van der Waals surface area contributed by atoms with Gasteiger partial charge in [0, 0.05) is 19.6 Å². The zero-order valence-electron chi connectivity index (χ0n) is 11.2. The van der Waals surface area contributed by atoms with Gasteiger partial charge in [0.05, 0.1) is 12.2 Å². The predicted molar refractivity (Wildman–Crippen MR) is 68.3 cm³/mol. The summed E-state index contributed by atoms with van der Waals surface area (Å²) in [5.74, 6) is -0.143. The summed E-state index contributed by atoms with van der Waals surface area (Å²) in [7, 11) is 0. The average molecular weight is 251 g/mol. The molecule has 1 aliphatic heterocycles. The molecule has 0 aliphatic carbocycles. The van der Waals surface area contributed by atoms with Crippen molar-refractivity contribution < 1.29 is 4.79 Å². The molecular formula is C12H21N5O. The Balaban J connectivity index is 1.90. The summed E-state index contributed by atoms with van der Waals surface area (Å²) in [5, 5.41) is 14.0. The molecule has 100 valence electrons. The van der Waals surface area contributed by atoms with Crippen LogP contribution in [0.1, 0.15) is 43.7 Å². The number of nitrogens with one attached hydrogen (secondary N) is 2. The van der Waals surface area contributed by atoms with Gasteiger partial charge in [0.1, 0.15) is 0 Å². The number of hydrogen-bond donors (Lipinski definition) is 2. The molecule has 1 aliphatic rings. The first-order valence-corrected chi connectivity index (χ1v) is 6.42. The molecule has 0 atom stereocenters. The third-order valence-electron chi connectivity index (χ3n) is 3.56. The minimum atomic E-state index is -0.143. The molecule has 0 saturated carbocycles. The Morgan fingerprint density at radius 2 is 2.33 bits per heavy atom. The van der Waals surface area contributed by atoms with Crippen molar-refractivity contribution in [2.45, 2.75) is 33.2 Å². The number of aromatic nitrogens is 3. The molecule has 1 fully saturated rings. The molecule has 6 heteroatoms. The second kappa shape index (κ2) is 5.06. The minimum Gasteiger partial charge on any atom is -0.350 e. The molecular weight excluding hydrogens is 230 g/mol. The van der Waals surface area contributed by atoms with E-state index < -0.39 is 0 Å². The van der Waals surface area contributed by atoms with Gasteiger partial charge in [0.2, 0.25) is 0 Å². The molecule has 0 bridgehead atoms. The molecule has 1 aromatic rings. The predicted octanol–water partition coefficient (Wildman–Crippen LogP) is 0.588. The molecule has 1 amide bonds. The zero-order valence-corrected chi connectivity index (χ0v) is 11.2. The first kappa shape index (κ1) is 13.0. The molecule has 2 rings (SSSR count). The Kier molecular flexibility index (Phi) is 3.65. The van der Waals surface area contributed by atoms with Crippen molar-refractivity contribution >= 4 is 5.91 Å². The minimum absolute atomic E-state index is 0.115. The van der Waals surface area contributed by atoms with E-state index in [1.54, 1.807) is 10.9 Å². The Morgan fingerprint density at radius 3 is 2.89 bits per heavy atom. The maximum atomic E-state index is 11.9. The first-order chi connectivity index (χ1) is 8.52. The van der Waals surface area contributed by atoms with Crippen molar-refractivity contribution in [1.82, 2.24) is 25.6 Å². The second-order valence-electron chi connectivity index (χ2n) is 5.60. The van der Waals surface area contributed by atoms with Crippen molar-refractivity contribution in [3.8, 4) is 0 Å².